The summed E-state index contributed by atoms with van der Waals surface area (Å²) >= 11 is 0. The van der Waals surface area contributed by atoms with E-state index in [1.54, 1.807) is 0 Å². The molecule has 0 aromatic carbocycles. The maximum Gasteiger partial charge on any atom is 0.321 e. The molecule has 1 heterocycles. The molecule has 0 unspecified atom stereocenters. The van der Waals surface area contributed by atoms with Crippen LogP contribution < -0.4 is 10.6 Å². The Labute approximate surface area is 104 Å². The lowest BCUT2D eigenvalue weighted by molar-refractivity contribution is -0.137. The highest BCUT2D eigenvalue weighted by Gasteiger charge is 2.02. The molecule has 0 aliphatic rings. The van der Waals surface area contributed by atoms with E-state index in [9.17, 15) is 9.59 Å². The Bertz CT molecular complexity index is 384. The first-order chi connectivity index (χ1) is 8.68. The molecule has 98 valence electrons. The standard InChI is InChI=1S/C10H15N5O3/c16-8(17)4-2-1-3-5-12-10(18)14-9-11-6-7-13-15-9/h6-7H,1-5H2,(H,16,17)(H2,11,12,14,15,18). The number of anilines is 1. The summed E-state index contributed by atoms with van der Waals surface area (Å²) in [4.78, 5) is 25.4. The molecule has 0 spiro atoms. The van der Waals surface area contributed by atoms with Crippen LogP contribution in [0.5, 0.6) is 0 Å². The summed E-state index contributed by atoms with van der Waals surface area (Å²) in [7, 11) is 0. The van der Waals surface area contributed by atoms with Gasteiger partial charge in [0, 0.05) is 13.0 Å². The van der Waals surface area contributed by atoms with Crippen LogP contribution in [0.1, 0.15) is 25.7 Å². The summed E-state index contributed by atoms with van der Waals surface area (Å²) in [6.45, 7) is 0.478. The highest BCUT2D eigenvalue weighted by molar-refractivity contribution is 5.87. The Morgan fingerprint density at radius 1 is 1.22 bits per heavy atom. The van der Waals surface area contributed by atoms with Gasteiger partial charge in [-0.1, -0.05) is 6.42 Å². The van der Waals surface area contributed by atoms with Crippen molar-refractivity contribution in [2.45, 2.75) is 25.7 Å². The van der Waals surface area contributed by atoms with Crippen molar-refractivity contribution >= 4 is 17.9 Å². The normalized spacial score (nSPS) is 9.78. The first kappa shape index (κ1) is 13.8. The van der Waals surface area contributed by atoms with Crippen molar-refractivity contribution in [1.29, 1.82) is 0 Å². The van der Waals surface area contributed by atoms with Crippen molar-refractivity contribution in [2.75, 3.05) is 11.9 Å². The fraction of sp³-hybridized carbons (Fsp3) is 0.500. The number of carboxylic acids is 1. The zero-order chi connectivity index (χ0) is 13.2. The molecule has 2 amide bonds. The number of unbranched alkanes of at least 4 members (excludes halogenated alkanes) is 2. The molecule has 8 heteroatoms. The zero-order valence-corrected chi connectivity index (χ0v) is 9.80. The van der Waals surface area contributed by atoms with E-state index in [4.69, 9.17) is 5.11 Å². The Balaban J connectivity index is 2.05. The van der Waals surface area contributed by atoms with Gasteiger partial charge >= 0.3 is 12.0 Å². The number of urea groups is 1. The van der Waals surface area contributed by atoms with Gasteiger partial charge in [0.05, 0.1) is 12.4 Å². The number of carbonyl (C=O) groups is 2. The van der Waals surface area contributed by atoms with Crippen molar-refractivity contribution < 1.29 is 14.7 Å². The van der Waals surface area contributed by atoms with E-state index < -0.39 is 12.0 Å². The van der Waals surface area contributed by atoms with Gasteiger partial charge in [-0.25, -0.2) is 9.78 Å². The molecule has 3 N–H and O–H groups in total. The van der Waals surface area contributed by atoms with Crippen LogP contribution in [-0.2, 0) is 4.79 Å². The average molecular weight is 253 g/mol. The Kier molecular flexibility index (Phi) is 6.09. The van der Waals surface area contributed by atoms with Crippen LogP contribution in [0.2, 0.25) is 0 Å². The average Bonchev–Trinajstić information content (AvgIpc) is 2.34. The number of aliphatic carboxylic acids is 1. The van der Waals surface area contributed by atoms with E-state index in [1.165, 1.54) is 12.4 Å². The van der Waals surface area contributed by atoms with Crippen LogP contribution >= 0.6 is 0 Å². The molecule has 0 bridgehead atoms. The molecule has 8 nitrogen and oxygen atoms in total. The van der Waals surface area contributed by atoms with Gasteiger partial charge in [-0.15, -0.1) is 5.10 Å². The Morgan fingerprint density at radius 2 is 2.06 bits per heavy atom. The zero-order valence-electron chi connectivity index (χ0n) is 9.80. The lowest BCUT2D eigenvalue weighted by Crippen LogP contribution is -2.30. The minimum Gasteiger partial charge on any atom is -0.481 e. The number of aromatic nitrogens is 3. The summed E-state index contributed by atoms with van der Waals surface area (Å²) < 4.78 is 0. The SMILES string of the molecule is O=C(O)CCCCCNC(=O)Nc1nccnn1. The molecule has 1 aromatic heterocycles. The summed E-state index contributed by atoms with van der Waals surface area (Å²) in [5, 5.41) is 20.6. The first-order valence-corrected chi connectivity index (χ1v) is 5.59. The van der Waals surface area contributed by atoms with Gasteiger partial charge in [0.25, 0.3) is 5.95 Å². The highest BCUT2D eigenvalue weighted by Crippen LogP contribution is 1.98. The third kappa shape index (κ3) is 6.36. The van der Waals surface area contributed by atoms with E-state index in [2.05, 4.69) is 25.8 Å². The van der Waals surface area contributed by atoms with E-state index in [0.29, 0.717) is 13.0 Å². The molecule has 0 atom stereocenters. The molecule has 0 aliphatic carbocycles. The van der Waals surface area contributed by atoms with Crippen LogP contribution in [0, 0.1) is 0 Å². The monoisotopic (exact) mass is 253 g/mol. The predicted octanol–water partition coefficient (Wildman–Crippen LogP) is 0.638. The molecule has 0 saturated heterocycles. The largest absolute Gasteiger partial charge is 0.481 e. The summed E-state index contributed by atoms with van der Waals surface area (Å²) in [5.74, 6) is -0.657. The summed E-state index contributed by atoms with van der Waals surface area (Å²) in [6, 6.07) is -0.402. The lowest BCUT2D eigenvalue weighted by atomic mass is 10.2. The van der Waals surface area contributed by atoms with E-state index in [1.807, 2.05) is 0 Å². The van der Waals surface area contributed by atoms with E-state index >= 15 is 0 Å². The third-order valence-electron chi connectivity index (χ3n) is 2.06. The Morgan fingerprint density at radius 3 is 2.72 bits per heavy atom. The van der Waals surface area contributed by atoms with Crippen molar-refractivity contribution in [3.63, 3.8) is 0 Å². The van der Waals surface area contributed by atoms with Crippen LogP contribution in [0.4, 0.5) is 10.7 Å². The van der Waals surface area contributed by atoms with Gasteiger partial charge in [0.1, 0.15) is 0 Å². The second-order valence-electron chi connectivity index (χ2n) is 3.55. The molecule has 0 fully saturated rings. The molecule has 0 radical (unpaired) electrons. The van der Waals surface area contributed by atoms with Gasteiger partial charge in [-0.05, 0) is 12.8 Å². The van der Waals surface area contributed by atoms with Crippen LogP contribution in [-0.4, -0.2) is 38.8 Å². The van der Waals surface area contributed by atoms with Crippen molar-refractivity contribution in [1.82, 2.24) is 20.5 Å². The fourth-order valence-corrected chi connectivity index (χ4v) is 1.23. The smallest absolute Gasteiger partial charge is 0.321 e. The van der Waals surface area contributed by atoms with Gasteiger partial charge in [-0.3, -0.25) is 10.1 Å². The number of carboxylic acid groups (broad SMARTS) is 1. The molecular weight excluding hydrogens is 238 g/mol. The fourth-order valence-electron chi connectivity index (χ4n) is 1.23. The second-order valence-corrected chi connectivity index (χ2v) is 3.55. The summed E-state index contributed by atoms with van der Waals surface area (Å²) in [5.41, 5.74) is 0. The quantitative estimate of drug-likeness (QED) is 0.614. The maximum atomic E-state index is 11.3. The predicted molar refractivity (Wildman–Crippen MR) is 63.0 cm³/mol. The number of carbonyl (C=O) groups excluding carboxylic acids is 1. The number of hydrogen-bond donors (Lipinski definition) is 3. The third-order valence-corrected chi connectivity index (χ3v) is 2.06. The first-order valence-electron chi connectivity index (χ1n) is 5.59. The molecule has 0 saturated carbocycles. The van der Waals surface area contributed by atoms with Crippen LogP contribution in [0.3, 0.4) is 0 Å². The van der Waals surface area contributed by atoms with E-state index in [-0.39, 0.29) is 12.4 Å². The van der Waals surface area contributed by atoms with E-state index in [0.717, 1.165) is 12.8 Å². The topological polar surface area (TPSA) is 117 Å². The molecule has 1 rings (SSSR count). The highest BCUT2D eigenvalue weighted by atomic mass is 16.4. The molecular formula is C10H15N5O3. The second kappa shape index (κ2) is 7.93. The van der Waals surface area contributed by atoms with Crippen molar-refractivity contribution in [3.8, 4) is 0 Å². The van der Waals surface area contributed by atoms with Crippen molar-refractivity contribution in [2.24, 2.45) is 0 Å². The number of nitrogens with one attached hydrogen (secondary N) is 2. The number of rotatable bonds is 7. The number of nitrogens with zero attached hydrogens (tertiary/aromatic N) is 3. The van der Waals surface area contributed by atoms with Crippen LogP contribution in [0.15, 0.2) is 12.4 Å². The maximum absolute atomic E-state index is 11.3. The minimum atomic E-state index is -0.797. The van der Waals surface area contributed by atoms with Gasteiger partial charge in [0.2, 0.25) is 0 Å². The van der Waals surface area contributed by atoms with Gasteiger partial charge in [0.15, 0.2) is 0 Å². The molecule has 1 aromatic rings. The van der Waals surface area contributed by atoms with Crippen molar-refractivity contribution in [3.05, 3.63) is 12.4 Å². The van der Waals surface area contributed by atoms with Crippen LogP contribution in [0.25, 0.3) is 0 Å². The number of hydrogen-bond acceptors (Lipinski definition) is 5. The van der Waals surface area contributed by atoms with Gasteiger partial charge < -0.3 is 10.4 Å². The van der Waals surface area contributed by atoms with Gasteiger partial charge in [-0.2, -0.15) is 5.10 Å². The molecule has 18 heavy (non-hydrogen) atoms. The summed E-state index contributed by atoms with van der Waals surface area (Å²) in [6.07, 6.45) is 5.10. The Hall–Kier alpha value is -2.25. The lowest BCUT2D eigenvalue weighted by Gasteiger charge is -2.05. The minimum absolute atomic E-state index is 0.140. The molecule has 0 aliphatic heterocycles. The number of amides is 2.